The summed E-state index contributed by atoms with van der Waals surface area (Å²) >= 11 is 7.41. The van der Waals surface area contributed by atoms with Gasteiger partial charge in [-0.25, -0.2) is 4.98 Å². The van der Waals surface area contributed by atoms with Crippen LogP contribution in [0.5, 0.6) is 0 Å². The van der Waals surface area contributed by atoms with Crippen molar-refractivity contribution in [3.05, 3.63) is 76.6 Å². The van der Waals surface area contributed by atoms with Crippen LogP contribution in [0.15, 0.2) is 54.6 Å². The maximum Gasteiger partial charge on any atom is 0.246 e. The second-order valence-corrected chi connectivity index (χ2v) is 9.18. The van der Waals surface area contributed by atoms with Crippen molar-refractivity contribution in [3.8, 4) is 0 Å². The number of piperidine rings is 1. The maximum absolute atomic E-state index is 12.1. The number of hydrogen-bond donors (Lipinski definition) is 1. The van der Waals surface area contributed by atoms with Crippen LogP contribution in [-0.4, -0.2) is 41.5 Å². The third-order valence-electron chi connectivity index (χ3n) is 5.55. The molecule has 1 fully saturated rings. The van der Waals surface area contributed by atoms with Gasteiger partial charge >= 0.3 is 0 Å². The van der Waals surface area contributed by atoms with Crippen LogP contribution in [-0.2, 0) is 22.6 Å². The molecule has 0 saturated carbocycles. The highest BCUT2D eigenvalue weighted by Gasteiger charge is 2.22. The first kappa shape index (κ1) is 22.7. The second kappa shape index (κ2) is 11.4. The van der Waals surface area contributed by atoms with Crippen LogP contribution in [0.25, 0.3) is 0 Å². The molecule has 0 spiro atoms. The van der Waals surface area contributed by atoms with Gasteiger partial charge in [0.05, 0.1) is 6.61 Å². The first-order chi connectivity index (χ1) is 15.7. The molecule has 8 heteroatoms. The van der Waals surface area contributed by atoms with Gasteiger partial charge in [0.2, 0.25) is 11.0 Å². The summed E-state index contributed by atoms with van der Waals surface area (Å²) in [5.41, 5.74) is 2.22. The van der Waals surface area contributed by atoms with Gasteiger partial charge in [0, 0.05) is 42.6 Å². The van der Waals surface area contributed by atoms with E-state index in [2.05, 4.69) is 14.6 Å². The van der Waals surface area contributed by atoms with E-state index in [1.165, 1.54) is 11.5 Å². The molecule has 2 aromatic carbocycles. The number of halogens is 1. The standard InChI is InChI=1S/C24H27ClN4O2S/c25-21-8-6-18(7-9-21)14-22-27-24(32-28-22)29-12-10-19(11-13-29)15-26-23(30)17-31-16-20-4-2-1-3-5-20/h1-9,19H,10-17H2,(H,26,30). The molecule has 32 heavy (non-hydrogen) atoms. The Kier molecular flexibility index (Phi) is 8.09. The van der Waals surface area contributed by atoms with E-state index in [1.807, 2.05) is 54.6 Å². The maximum atomic E-state index is 12.1. The van der Waals surface area contributed by atoms with Crippen LogP contribution in [0.3, 0.4) is 0 Å². The summed E-state index contributed by atoms with van der Waals surface area (Å²) in [4.78, 5) is 19.1. The molecule has 0 unspecified atom stereocenters. The molecule has 0 atom stereocenters. The van der Waals surface area contributed by atoms with Crippen LogP contribution in [0, 0.1) is 5.92 Å². The van der Waals surface area contributed by atoms with E-state index < -0.39 is 0 Å². The number of aromatic nitrogens is 2. The summed E-state index contributed by atoms with van der Waals surface area (Å²) in [6.45, 7) is 3.10. The average Bonchev–Trinajstić information content (AvgIpc) is 3.29. The number of hydrogen-bond acceptors (Lipinski definition) is 6. The van der Waals surface area contributed by atoms with E-state index in [0.717, 1.165) is 53.0 Å². The second-order valence-electron chi connectivity index (χ2n) is 8.01. The Bertz CT molecular complexity index is 989. The van der Waals surface area contributed by atoms with E-state index in [-0.39, 0.29) is 12.5 Å². The fourth-order valence-electron chi connectivity index (χ4n) is 3.70. The molecule has 2 heterocycles. The van der Waals surface area contributed by atoms with Crippen molar-refractivity contribution < 1.29 is 9.53 Å². The number of carbonyl (C=O) groups is 1. The van der Waals surface area contributed by atoms with Crippen molar-refractivity contribution in [2.24, 2.45) is 5.92 Å². The summed E-state index contributed by atoms with van der Waals surface area (Å²) < 4.78 is 10.0. The van der Waals surface area contributed by atoms with Crippen LogP contribution in [0.2, 0.25) is 5.02 Å². The lowest BCUT2D eigenvalue weighted by molar-refractivity contribution is -0.126. The Labute approximate surface area is 197 Å². The summed E-state index contributed by atoms with van der Waals surface area (Å²) in [5, 5.41) is 4.72. The number of nitrogens with one attached hydrogen (secondary N) is 1. The van der Waals surface area contributed by atoms with Gasteiger partial charge in [-0.15, -0.1) is 0 Å². The van der Waals surface area contributed by atoms with Crippen LogP contribution >= 0.6 is 23.1 Å². The first-order valence-corrected chi connectivity index (χ1v) is 12.0. The molecule has 1 aliphatic heterocycles. The molecular formula is C24H27ClN4O2S. The quantitative estimate of drug-likeness (QED) is 0.504. The molecule has 168 valence electrons. The van der Waals surface area contributed by atoms with E-state index in [9.17, 15) is 4.79 Å². The number of carbonyl (C=O) groups excluding carboxylic acids is 1. The summed E-state index contributed by atoms with van der Waals surface area (Å²) in [5.74, 6) is 1.27. The third-order valence-corrected chi connectivity index (χ3v) is 6.62. The molecule has 1 N–H and O–H groups in total. The molecule has 4 rings (SSSR count). The van der Waals surface area contributed by atoms with Crippen molar-refractivity contribution in [1.29, 1.82) is 0 Å². The van der Waals surface area contributed by atoms with Gasteiger partial charge in [0.1, 0.15) is 12.4 Å². The van der Waals surface area contributed by atoms with Crippen molar-refractivity contribution in [2.45, 2.75) is 25.9 Å². The molecule has 1 saturated heterocycles. The van der Waals surface area contributed by atoms with Crippen molar-refractivity contribution in [3.63, 3.8) is 0 Å². The van der Waals surface area contributed by atoms with Crippen molar-refractivity contribution in [1.82, 2.24) is 14.7 Å². The van der Waals surface area contributed by atoms with E-state index in [1.54, 1.807) is 0 Å². The molecule has 6 nitrogen and oxygen atoms in total. The number of amides is 1. The molecule has 0 radical (unpaired) electrons. The molecule has 0 aliphatic carbocycles. The third kappa shape index (κ3) is 6.76. The molecule has 1 amide bonds. The lowest BCUT2D eigenvalue weighted by atomic mass is 9.97. The van der Waals surface area contributed by atoms with Crippen LogP contribution < -0.4 is 10.2 Å². The molecule has 1 aliphatic rings. The number of anilines is 1. The Hall–Kier alpha value is -2.48. The molecule has 0 bridgehead atoms. The normalized spacial score (nSPS) is 14.5. The fraction of sp³-hybridized carbons (Fsp3) is 0.375. The van der Waals surface area contributed by atoms with Gasteiger partial charge in [0.25, 0.3) is 0 Å². The van der Waals surface area contributed by atoms with Crippen LogP contribution in [0.4, 0.5) is 5.13 Å². The molecule has 3 aromatic rings. The van der Waals surface area contributed by atoms with Crippen LogP contribution in [0.1, 0.15) is 29.8 Å². The minimum absolute atomic E-state index is 0.0562. The van der Waals surface area contributed by atoms with E-state index in [0.29, 0.717) is 25.5 Å². The predicted octanol–water partition coefficient (Wildman–Crippen LogP) is 4.33. The number of ether oxygens (including phenoxy) is 1. The minimum atomic E-state index is -0.0562. The van der Waals surface area contributed by atoms with E-state index in [4.69, 9.17) is 21.3 Å². The van der Waals surface area contributed by atoms with Gasteiger partial charge in [-0.05, 0) is 42.0 Å². The topological polar surface area (TPSA) is 67.3 Å². The number of rotatable bonds is 9. The Morgan fingerprint density at radius 3 is 2.59 bits per heavy atom. The lowest BCUT2D eigenvalue weighted by Crippen LogP contribution is -2.39. The highest BCUT2D eigenvalue weighted by Crippen LogP contribution is 2.25. The minimum Gasteiger partial charge on any atom is -0.367 e. The zero-order chi connectivity index (χ0) is 22.2. The lowest BCUT2D eigenvalue weighted by Gasteiger charge is -2.31. The Balaban J connectivity index is 1.15. The van der Waals surface area contributed by atoms with Crippen molar-refractivity contribution in [2.75, 3.05) is 31.1 Å². The number of nitrogens with zero attached hydrogens (tertiary/aromatic N) is 3. The summed E-state index contributed by atoms with van der Waals surface area (Å²) in [6.07, 6.45) is 2.76. The van der Waals surface area contributed by atoms with Gasteiger partial charge < -0.3 is 15.0 Å². The monoisotopic (exact) mass is 470 g/mol. The Morgan fingerprint density at radius 1 is 1.09 bits per heavy atom. The van der Waals surface area contributed by atoms with Gasteiger partial charge in [0.15, 0.2) is 0 Å². The highest BCUT2D eigenvalue weighted by molar-refractivity contribution is 7.09. The summed E-state index contributed by atoms with van der Waals surface area (Å²) in [7, 11) is 0. The molecule has 1 aromatic heterocycles. The van der Waals surface area contributed by atoms with Gasteiger partial charge in [-0.2, -0.15) is 4.37 Å². The first-order valence-electron chi connectivity index (χ1n) is 10.9. The molecular weight excluding hydrogens is 444 g/mol. The fourth-order valence-corrected chi connectivity index (χ4v) is 4.57. The highest BCUT2D eigenvalue weighted by atomic mass is 35.5. The van der Waals surface area contributed by atoms with Crippen molar-refractivity contribution >= 4 is 34.2 Å². The Morgan fingerprint density at radius 2 is 1.84 bits per heavy atom. The van der Waals surface area contributed by atoms with Gasteiger partial charge in [-0.1, -0.05) is 54.1 Å². The largest absolute Gasteiger partial charge is 0.367 e. The average molecular weight is 471 g/mol. The van der Waals surface area contributed by atoms with Gasteiger partial charge in [-0.3, -0.25) is 4.79 Å². The zero-order valence-electron chi connectivity index (χ0n) is 17.9. The predicted molar refractivity (Wildman–Crippen MR) is 128 cm³/mol. The zero-order valence-corrected chi connectivity index (χ0v) is 19.4. The van der Waals surface area contributed by atoms with E-state index >= 15 is 0 Å². The SMILES string of the molecule is O=C(COCc1ccccc1)NCC1CCN(c2nc(Cc3ccc(Cl)cc3)ns2)CC1. The number of benzene rings is 2. The summed E-state index contributed by atoms with van der Waals surface area (Å²) in [6, 6.07) is 17.7. The smallest absolute Gasteiger partial charge is 0.246 e.